The molecule has 3 rings (SSSR count). The van der Waals surface area contributed by atoms with E-state index >= 15 is 0 Å². The van der Waals surface area contributed by atoms with Crippen molar-refractivity contribution in [1.29, 1.82) is 5.26 Å². The molecular weight excluding hydrogens is 366 g/mol. The van der Waals surface area contributed by atoms with E-state index in [9.17, 15) is 9.59 Å². The third-order valence-corrected chi connectivity index (χ3v) is 4.01. The van der Waals surface area contributed by atoms with Crippen LogP contribution in [0.25, 0.3) is 10.9 Å². The fraction of sp³-hybridized carbons (Fsp3) is 0.100. The lowest BCUT2D eigenvalue weighted by atomic mass is 10.1. The van der Waals surface area contributed by atoms with Gasteiger partial charge in [0.2, 0.25) is 0 Å². The summed E-state index contributed by atoms with van der Waals surface area (Å²) < 4.78 is 5.29. The van der Waals surface area contributed by atoms with Crippen LogP contribution < -0.4 is 5.32 Å². The van der Waals surface area contributed by atoms with Crippen LogP contribution in [0.5, 0.6) is 0 Å². The van der Waals surface area contributed by atoms with E-state index < -0.39 is 18.0 Å². The summed E-state index contributed by atoms with van der Waals surface area (Å²) in [6.45, 7) is 1.46. The average molecular weight is 380 g/mol. The summed E-state index contributed by atoms with van der Waals surface area (Å²) >= 11 is 5.98. The van der Waals surface area contributed by atoms with Crippen molar-refractivity contribution in [2.75, 3.05) is 5.32 Å². The summed E-state index contributed by atoms with van der Waals surface area (Å²) in [4.78, 5) is 29.0. The van der Waals surface area contributed by atoms with Gasteiger partial charge in [0.05, 0.1) is 22.7 Å². The van der Waals surface area contributed by atoms with Gasteiger partial charge in [-0.05, 0) is 37.3 Å². The highest BCUT2D eigenvalue weighted by molar-refractivity contribution is 6.30. The van der Waals surface area contributed by atoms with Crippen molar-refractivity contribution < 1.29 is 14.3 Å². The predicted octanol–water partition coefficient (Wildman–Crippen LogP) is 3.94. The number of nitriles is 1. The molecule has 1 N–H and O–H groups in total. The van der Waals surface area contributed by atoms with Crippen LogP contribution in [-0.4, -0.2) is 23.0 Å². The van der Waals surface area contributed by atoms with Crippen LogP contribution in [0.2, 0.25) is 5.15 Å². The summed E-state index contributed by atoms with van der Waals surface area (Å²) in [5.41, 5.74) is 1.65. The first-order chi connectivity index (χ1) is 13.0. The van der Waals surface area contributed by atoms with Crippen LogP contribution in [0.4, 0.5) is 5.69 Å². The first-order valence-electron chi connectivity index (χ1n) is 8.05. The molecule has 6 nitrogen and oxygen atoms in total. The van der Waals surface area contributed by atoms with Gasteiger partial charge in [-0.2, -0.15) is 5.26 Å². The first-order valence-corrected chi connectivity index (χ1v) is 8.43. The lowest BCUT2D eigenvalue weighted by Gasteiger charge is -2.14. The van der Waals surface area contributed by atoms with Crippen molar-refractivity contribution in [2.45, 2.75) is 13.0 Å². The minimum Gasteiger partial charge on any atom is -0.449 e. The molecule has 0 aliphatic rings. The zero-order valence-electron chi connectivity index (χ0n) is 14.3. The lowest BCUT2D eigenvalue weighted by molar-refractivity contribution is -0.123. The second-order valence-corrected chi connectivity index (χ2v) is 6.13. The summed E-state index contributed by atoms with van der Waals surface area (Å²) in [7, 11) is 0. The van der Waals surface area contributed by atoms with E-state index in [1.807, 2.05) is 6.07 Å². The lowest BCUT2D eigenvalue weighted by Crippen LogP contribution is -2.30. The third-order valence-electron chi connectivity index (χ3n) is 3.82. The number of fused-ring (bicyclic) bond motifs is 1. The maximum Gasteiger partial charge on any atom is 0.339 e. The van der Waals surface area contributed by atoms with Crippen molar-refractivity contribution in [3.63, 3.8) is 0 Å². The largest absolute Gasteiger partial charge is 0.449 e. The SMILES string of the molecule is C[C@H](OC(=O)c1cc(Cl)nc2ccccc12)C(=O)Nc1cccc(C#N)c1. The number of amides is 1. The number of hydrogen-bond acceptors (Lipinski definition) is 5. The highest BCUT2D eigenvalue weighted by Crippen LogP contribution is 2.22. The Hall–Kier alpha value is -3.43. The van der Waals surface area contributed by atoms with Crippen molar-refractivity contribution in [3.8, 4) is 6.07 Å². The molecule has 134 valence electrons. The minimum absolute atomic E-state index is 0.158. The Balaban J connectivity index is 1.76. The number of halogens is 1. The summed E-state index contributed by atoms with van der Waals surface area (Å²) in [5.74, 6) is -1.19. The third kappa shape index (κ3) is 4.22. The number of hydrogen-bond donors (Lipinski definition) is 1. The molecule has 0 fully saturated rings. The molecule has 0 unspecified atom stereocenters. The maximum absolute atomic E-state index is 12.5. The number of carbonyl (C=O) groups excluding carboxylic acids is 2. The summed E-state index contributed by atoms with van der Waals surface area (Å²) in [5, 5.41) is 12.3. The predicted molar refractivity (Wildman–Crippen MR) is 101 cm³/mol. The minimum atomic E-state index is -1.05. The molecule has 0 aliphatic heterocycles. The van der Waals surface area contributed by atoms with Gasteiger partial charge in [0.25, 0.3) is 5.91 Å². The maximum atomic E-state index is 12.5. The molecule has 7 heteroatoms. The second-order valence-electron chi connectivity index (χ2n) is 5.74. The number of rotatable bonds is 4. The van der Waals surface area contributed by atoms with Gasteiger partial charge in [0, 0.05) is 11.1 Å². The van der Waals surface area contributed by atoms with E-state index in [0.29, 0.717) is 22.2 Å². The quantitative estimate of drug-likeness (QED) is 0.547. The Bertz CT molecular complexity index is 1080. The molecular formula is C20H14ClN3O3. The number of nitrogens with zero attached hydrogens (tertiary/aromatic N) is 2. The Morgan fingerprint density at radius 2 is 1.96 bits per heavy atom. The number of nitrogens with one attached hydrogen (secondary N) is 1. The fourth-order valence-electron chi connectivity index (χ4n) is 2.50. The number of anilines is 1. The number of benzene rings is 2. The van der Waals surface area contributed by atoms with Gasteiger partial charge in [-0.25, -0.2) is 9.78 Å². The van der Waals surface area contributed by atoms with Crippen molar-refractivity contribution in [1.82, 2.24) is 4.98 Å². The van der Waals surface area contributed by atoms with Crippen LogP contribution in [0, 0.1) is 11.3 Å². The molecule has 3 aromatic rings. The zero-order valence-corrected chi connectivity index (χ0v) is 15.0. The zero-order chi connectivity index (χ0) is 19.4. The van der Waals surface area contributed by atoms with E-state index in [2.05, 4.69) is 10.3 Å². The van der Waals surface area contributed by atoms with Crippen molar-refractivity contribution >= 4 is 40.1 Å². The van der Waals surface area contributed by atoms with Crippen LogP contribution in [0.15, 0.2) is 54.6 Å². The average Bonchev–Trinajstić information content (AvgIpc) is 2.67. The van der Waals surface area contributed by atoms with E-state index in [1.54, 1.807) is 42.5 Å². The van der Waals surface area contributed by atoms with E-state index in [4.69, 9.17) is 21.6 Å². The number of carbonyl (C=O) groups is 2. The van der Waals surface area contributed by atoms with Gasteiger partial charge in [0.15, 0.2) is 6.10 Å². The Kier molecular flexibility index (Phi) is 5.34. The number of esters is 1. The van der Waals surface area contributed by atoms with Gasteiger partial charge in [-0.3, -0.25) is 4.79 Å². The van der Waals surface area contributed by atoms with Gasteiger partial charge in [-0.15, -0.1) is 0 Å². The van der Waals surface area contributed by atoms with Gasteiger partial charge in [0.1, 0.15) is 5.15 Å². The second kappa shape index (κ2) is 7.85. The Labute approximate surface area is 160 Å². The van der Waals surface area contributed by atoms with Crippen LogP contribution in [0.3, 0.4) is 0 Å². The molecule has 0 radical (unpaired) electrons. The molecule has 27 heavy (non-hydrogen) atoms. The molecule has 0 bridgehead atoms. The molecule has 2 aromatic carbocycles. The van der Waals surface area contributed by atoms with Crippen molar-refractivity contribution in [2.24, 2.45) is 0 Å². The van der Waals surface area contributed by atoms with E-state index in [0.717, 1.165) is 0 Å². The molecule has 1 aromatic heterocycles. The molecule has 1 atom stereocenters. The molecule has 0 spiro atoms. The first kappa shape index (κ1) is 18.4. The number of pyridine rings is 1. The Morgan fingerprint density at radius 1 is 1.19 bits per heavy atom. The normalized spacial score (nSPS) is 11.4. The van der Waals surface area contributed by atoms with Gasteiger partial charge in [-0.1, -0.05) is 35.9 Å². The molecule has 1 heterocycles. The molecule has 1 amide bonds. The number of para-hydroxylation sites is 1. The van der Waals surface area contributed by atoms with E-state index in [-0.39, 0.29) is 10.7 Å². The summed E-state index contributed by atoms with van der Waals surface area (Å²) in [6, 6.07) is 16.9. The fourth-order valence-corrected chi connectivity index (χ4v) is 2.70. The monoisotopic (exact) mass is 379 g/mol. The number of ether oxygens (including phenoxy) is 1. The highest BCUT2D eigenvalue weighted by Gasteiger charge is 2.21. The molecule has 0 aliphatic carbocycles. The molecule has 0 saturated carbocycles. The molecule has 0 saturated heterocycles. The summed E-state index contributed by atoms with van der Waals surface area (Å²) in [6.07, 6.45) is -1.05. The smallest absolute Gasteiger partial charge is 0.339 e. The number of aromatic nitrogens is 1. The van der Waals surface area contributed by atoms with E-state index in [1.165, 1.54) is 19.1 Å². The van der Waals surface area contributed by atoms with Crippen LogP contribution >= 0.6 is 11.6 Å². The Morgan fingerprint density at radius 3 is 2.74 bits per heavy atom. The van der Waals surface area contributed by atoms with Crippen LogP contribution in [0.1, 0.15) is 22.8 Å². The van der Waals surface area contributed by atoms with Crippen LogP contribution in [-0.2, 0) is 9.53 Å². The van der Waals surface area contributed by atoms with Gasteiger partial charge < -0.3 is 10.1 Å². The topological polar surface area (TPSA) is 92.1 Å². The standard InChI is InChI=1S/C20H14ClN3O3/c1-12(19(25)23-14-6-4-5-13(9-14)11-22)27-20(26)16-10-18(21)24-17-8-3-2-7-15(16)17/h2-10,12H,1H3,(H,23,25)/t12-/m0/s1. The van der Waals surface area contributed by atoms with Gasteiger partial charge >= 0.3 is 5.97 Å². The van der Waals surface area contributed by atoms with Crippen molar-refractivity contribution in [3.05, 3.63) is 70.9 Å². The highest BCUT2D eigenvalue weighted by atomic mass is 35.5.